The van der Waals surface area contributed by atoms with Crippen molar-refractivity contribution in [3.63, 3.8) is 0 Å². The summed E-state index contributed by atoms with van der Waals surface area (Å²) in [5.41, 5.74) is 1.13. The van der Waals surface area contributed by atoms with Gasteiger partial charge in [-0.2, -0.15) is 9.78 Å². The van der Waals surface area contributed by atoms with Gasteiger partial charge in [0.2, 0.25) is 0 Å². The standard InChI is InChI=1S/C24H22N4O5/c1-4-33-24(30)19-14-25-28(21-10-9-15-7-5-6-8-20(15)26-21)22(19)27-23(29)16-11-17(31-2)13-18(12-16)32-3/h5-14H,4H2,1-3H3,(H,27,29). The lowest BCUT2D eigenvalue weighted by Crippen LogP contribution is -2.18. The number of rotatable bonds is 7. The van der Waals surface area contributed by atoms with Crippen LogP contribution in [-0.4, -0.2) is 47.5 Å². The van der Waals surface area contributed by atoms with E-state index in [0.717, 1.165) is 10.9 Å². The zero-order valence-electron chi connectivity index (χ0n) is 18.4. The summed E-state index contributed by atoms with van der Waals surface area (Å²) >= 11 is 0. The lowest BCUT2D eigenvalue weighted by Gasteiger charge is -2.12. The Balaban J connectivity index is 1.77. The van der Waals surface area contributed by atoms with Crippen LogP contribution in [0.1, 0.15) is 27.6 Å². The van der Waals surface area contributed by atoms with Gasteiger partial charge in [0.05, 0.1) is 32.5 Å². The highest BCUT2D eigenvalue weighted by atomic mass is 16.5. The monoisotopic (exact) mass is 446 g/mol. The van der Waals surface area contributed by atoms with Crippen molar-refractivity contribution in [1.82, 2.24) is 14.8 Å². The lowest BCUT2D eigenvalue weighted by molar-refractivity contribution is 0.0527. The largest absolute Gasteiger partial charge is 0.497 e. The Kier molecular flexibility index (Phi) is 6.21. The van der Waals surface area contributed by atoms with Crippen LogP contribution in [-0.2, 0) is 4.74 Å². The van der Waals surface area contributed by atoms with Crippen molar-refractivity contribution in [2.75, 3.05) is 26.1 Å². The molecule has 0 aliphatic rings. The quantitative estimate of drug-likeness (QED) is 0.430. The molecular weight excluding hydrogens is 424 g/mol. The van der Waals surface area contributed by atoms with Crippen molar-refractivity contribution < 1.29 is 23.8 Å². The molecular formula is C24H22N4O5. The number of anilines is 1. The first kappa shape index (κ1) is 21.8. The Morgan fingerprint density at radius 1 is 1.00 bits per heavy atom. The van der Waals surface area contributed by atoms with E-state index < -0.39 is 11.9 Å². The summed E-state index contributed by atoms with van der Waals surface area (Å²) in [5.74, 6) is 0.388. The number of aromatic nitrogens is 3. The average molecular weight is 446 g/mol. The van der Waals surface area contributed by atoms with Gasteiger partial charge in [-0.05, 0) is 37.3 Å². The maximum Gasteiger partial charge on any atom is 0.343 e. The van der Waals surface area contributed by atoms with Crippen molar-refractivity contribution in [1.29, 1.82) is 0 Å². The third kappa shape index (κ3) is 4.47. The number of nitrogens with one attached hydrogen (secondary N) is 1. The van der Waals surface area contributed by atoms with Crippen LogP contribution in [0, 0.1) is 0 Å². The van der Waals surface area contributed by atoms with Gasteiger partial charge in [0, 0.05) is 17.0 Å². The fraction of sp³-hybridized carbons (Fsp3) is 0.167. The number of carbonyl (C=O) groups excluding carboxylic acids is 2. The van der Waals surface area contributed by atoms with Gasteiger partial charge in [-0.3, -0.25) is 4.79 Å². The Bertz CT molecular complexity index is 1310. The van der Waals surface area contributed by atoms with Crippen molar-refractivity contribution in [3.8, 4) is 17.3 Å². The van der Waals surface area contributed by atoms with E-state index in [0.29, 0.717) is 17.3 Å². The molecule has 0 spiro atoms. The topological polar surface area (TPSA) is 105 Å². The van der Waals surface area contributed by atoms with E-state index in [1.54, 1.807) is 31.2 Å². The third-order valence-corrected chi connectivity index (χ3v) is 4.91. The predicted molar refractivity (Wildman–Crippen MR) is 122 cm³/mol. The van der Waals surface area contributed by atoms with E-state index in [9.17, 15) is 9.59 Å². The first-order valence-electron chi connectivity index (χ1n) is 10.2. The van der Waals surface area contributed by atoms with Crippen molar-refractivity contribution in [2.24, 2.45) is 0 Å². The number of ether oxygens (including phenoxy) is 3. The van der Waals surface area contributed by atoms with Crippen LogP contribution < -0.4 is 14.8 Å². The average Bonchev–Trinajstić information content (AvgIpc) is 3.26. The second-order valence-electron chi connectivity index (χ2n) is 6.96. The molecule has 0 aliphatic carbocycles. The first-order chi connectivity index (χ1) is 16.0. The van der Waals surface area contributed by atoms with Crippen LogP contribution in [0.2, 0.25) is 0 Å². The van der Waals surface area contributed by atoms with Crippen LogP contribution in [0.25, 0.3) is 16.7 Å². The molecule has 0 aliphatic heterocycles. The van der Waals surface area contributed by atoms with Gasteiger partial charge in [-0.1, -0.05) is 18.2 Å². The van der Waals surface area contributed by atoms with Crippen molar-refractivity contribution in [2.45, 2.75) is 6.92 Å². The molecule has 0 fully saturated rings. The Morgan fingerprint density at radius 2 is 1.73 bits per heavy atom. The number of carbonyl (C=O) groups is 2. The molecule has 4 aromatic rings. The molecule has 0 bridgehead atoms. The number of para-hydroxylation sites is 1. The van der Waals surface area contributed by atoms with Crippen LogP contribution in [0.5, 0.6) is 11.5 Å². The molecule has 168 valence electrons. The summed E-state index contributed by atoms with van der Waals surface area (Å²) < 4.78 is 17.0. The van der Waals surface area contributed by atoms with Crippen LogP contribution in [0.3, 0.4) is 0 Å². The van der Waals surface area contributed by atoms with Gasteiger partial charge in [0.1, 0.15) is 17.1 Å². The summed E-state index contributed by atoms with van der Waals surface area (Å²) in [6, 6.07) is 16.1. The number of amides is 1. The lowest BCUT2D eigenvalue weighted by atomic mass is 10.2. The van der Waals surface area contributed by atoms with Gasteiger partial charge < -0.3 is 19.5 Å². The van der Waals surface area contributed by atoms with E-state index in [-0.39, 0.29) is 23.6 Å². The second-order valence-corrected chi connectivity index (χ2v) is 6.96. The van der Waals surface area contributed by atoms with Gasteiger partial charge in [0.15, 0.2) is 11.6 Å². The summed E-state index contributed by atoms with van der Waals surface area (Å²) in [5, 5.41) is 8.03. The molecule has 4 rings (SSSR count). The normalized spacial score (nSPS) is 10.6. The summed E-state index contributed by atoms with van der Waals surface area (Å²) in [6.45, 7) is 1.88. The zero-order chi connectivity index (χ0) is 23.4. The smallest absolute Gasteiger partial charge is 0.343 e. The van der Waals surface area contributed by atoms with Crippen molar-refractivity contribution >= 4 is 28.6 Å². The molecule has 0 saturated carbocycles. The van der Waals surface area contributed by atoms with Gasteiger partial charge >= 0.3 is 5.97 Å². The third-order valence-electron chi connectivity index (χ3n) is 4.91. The van der Waals surface area contributed by atoms with Gasteiger partial charge in [-0.15, -0.1) is 0 Å². The maximum atomic E-state index is 13.1. The second kappa shape index (κ2) is 9.39. The maximum absolute atomic E-state index is 13.1. The summed E-state index contributed by atoms with van der Waals surface area (Å²) in [7, 11) is 2.99. The fourth-order valence-corrected chi connectivity index (χ4v) is 3.29. The molecule has 2 aromatic carbocycles. The van der Waals surface area contributed by atoms with Crippen molar-refractivity contribution in [3.05, 3.63) is 71.9 Å². The van der Waals surface area contributed by atoms with E-state index >= 15 is 0 Å². The number of benzene rings is 2. The van der Waals surface area contributed by atoms with Gasteiger partial charge in [0.25, 0.3) is 5.91 Å². The number of hydrogen-bond acceptors (Lipinski definition) is 7. The highest BCUT2D eigenvalue weighted by Crippen LogP contribution is 2.26. The molecule has 0 unspecified atom stereocenters. The van der Waals surface area contributed by atoms with E-state index in [4.69, 9.17) is 14.2 Å². The predicted octanol–water partition coefficient (Wildman–Crippen LogP) is 3.87. The summed E-state index contributed by atoms with van der Waals surface area (Å²) in [4.78, 5) is 30.3. The molecule has 2 aromatic heterocycles. The van der Waals surface area contributed by atoms with E-state index in [1.807, 2.05) is 30.3 Å². The molecule has 2 heterocycles. The van der Waals surface area contributed by atoms with Gasteiger partial charge in [-0.25, -0.2) is 9.78 Å². The minimum Gasteiger partial charge on any atom is -0.497 e. The highest BCUT2D eigenvalue weighted by molar-refractivity contribution is 6.08. The number of hydrogen-bond donors (Lipinski definition) is 1. The molecule has 33 heavy (non-hydrogen) atoms. The Morgan fingerprint density at radius 3 is 2.42 bits per heavy atom. The Hall–Kier alpha value is -4.40. The SMILES string of the molecule is CCOC(=O)c1cnn(-c2ccc3ccccc3n2)c1NC(=O)c1cc(OC)cc(OC)c1. The minimum absolute atomic E-state index is 0.106. The number of fused-ring (bicyclic) bond motifs is 1. The molecule has 0 atom stereocenters. The van der Waals surface area contributed by atoms with Crippen LogP contribution >= 0.6 is 0 Å². The minimum atomic E-state index is -0.608. The Labute approximate surface area is 189 Å². The van der Waals surface area contributed by atoms with E-state index in [2.05, 4.69) is 15.4 Å². The molecule has 1 N–H and O–H groups in total. The fourth-order valence-electron chi connectivity index (χ4n) is 3.29. The highest BCUT2D eigenvalue weighted by Gasteiger charge is 2.23. The summed E-state index contributed by atoms with van der Waals surface area (Å²) in [6.07, 6.45) is 1.34. The number of nitrogens with zero attached hydrogens (tertiary/aromatic N) is 3. The zero-order valence-corrected chi connectivity index (χ0v) is 18.4. The molecule has 9 nitrogen and oxygen atoms in total. The number of pyridine rings is 1. The molecule has 9 heteroatoms. The number of methoxy groups -OCH3 is 2. The van der Waals surface area contributed by atoms with E-state index in [1.165, 1.54) is 25.1 Å². The molecule has 0 radical (unpaired) electrons. The first-order valence-corrected chi connectivity index (χ1v) is 10.2. The van der Waals surface area contributed by atoms with Crippen LogP contribution in [0.4, 0.5) is 5.82 Å². The number of esters is 1. The molecule has 1 amide bonds. The van der Waals surface area contributed by atoms with Crippen LogP contribution in [0.15, 0.2) is 60.8 Å². The molecule has 0 saturated heterocycles.